The first-order chi connectivity index (χ1) is 14.1. The second-order valence-corrected chi connectivity index (χ2v) is 8.26. The molecule has 0 bridgehead atoms. The molecule has 3 rings (SSSR count). The maximum Gasteiger partial charge on any atom is 0.256 e. The first-order valence-corrected chi connectivity index (χ1v) is 11.1. The predicted octanol–water partition coefficient (Wildman–Crippen LogP) is 3.71. The van der Waals surface area contributed by atoms with E-state index in [1.807, 2.05) is 31.2 Å². The Labute approximate surface area is 174 Å². The smallest absolute Gasteiger partial charge is 0.256 e. The molecule has 1 saturated carbocycles. The van der Waals surface area contributed by atoms with Gasteiger partial charge in [0.25, 0.3) is 5.91 Å². The van der Waals surface area contributed by atoms with E-state index >= 15 is 0 Å². The molecule has 1 aromatic carbocycles. The van der Waals surface area contributed by atoms with Gasteiger partial charge in [-0.15, -0.1) is 0 Å². The lowest BCUT2D eigenvalue weighted by atomic mass is 9.78. The Morgan fingerprint density at radius 3 is 2.72 bits per heavy atom. The van der Waals surface area contributed by atoms with E-state index in [-0.39, 0.29) is 5.91 Å². The molecule has 1 aliphatic heterocycles. The quantitative estimate of drug-likeness (QED) is 0.636. The van der Waals surface area contributed by atoms with E-state index in [0.29, 0.717) is 19.1 Å². The van der Waals surface area contributed by atoms with Crippen LogP contribution in [0.2, 0.25) is 0 Å². The number of amides is 1. The molecule has 1 heterocycles. The van der Waals surface area contributed by atoms with Crippen molar-refractivity contribution in [2.75, 3.05) is 51.4 Å². The van der Waals surface area contributed by atoms with Gasteiger partial charge in [0.05, 0.1) is 19.8 Å². The molecular formula is C23H36N2O4. The Balaban J connectivity index is 1.45. The van der Waals surface area contributed by atoms with E-state index in [9.17, 15) is 4.79 Å². The first kappa shape index (κ1) is 22.1. The summed E-state index contributed by atoms with van der Waals surface area (Å²) >= 11 is 0. The number of carbonyl (C=O) groups excluding carboxylic acids is 1. The second-order valence-electron chi connectivity index (χ2n) is 8.26. The van der Waals surface area contributed by atoms with Crippen LogP contribution >= 0.6 is 0 Å². The van der Waals surface area contributed by atoms with Crippen molar-refractivity contribution in [1.29, 1.82) is 0 Å². The largest absolute Gasteiger partial charge is 0.494 e. The molecule has 2 aliphatic rings. The van der Waals surface area contributed by atoms with Crippen molar-refractivity contribution in [2.24, 2.45) is 5.92 Å². The van der Waals surface area contributed by atoms with Crippen molar-refractivity contribution in [3.63, 3.8) is 0 Å². The van der Waals surface area contributed by atoms with Gasteiger partial charge in [-0.1, -0.05) is 13.3 Å². The molecule has 0 radical (unpaired) electrons. The summed E-state index contributed by atoms with van der Waals surface area (Å²) in [6.07, 6.45) is 4.78. The summed E-state index contributed by atoms with van der Waals surface area (Å²) < 4.78 is 17.2. The fourth-order valence-corrected chi connectivity index (χ4v) is 4.36. The van der Waals surface area contributed by atoms with Crippen molar-refractivity contribution in [1.82, 2.24) is 4.90 Å². The average molecular weight is 405 g/mol. The number of nitrogens with zero attached hydrogens (tertiary/aromatic N) is 1. The SMILES string of the molecule is CCO[C@@]1(C(=O)Nc2ccc(OCCCN3CCOCC3)cc2)CCC[C@@H](C)C1. The Kier molecular flexibility index (Phi) is 8.33. The number of hydrogen-bond acceptors (Lipinski definition) is 5. The van der Waals surface area contributed by atoms with Crippen LogP contribution in [0.1, 0.15) is 46.0 Å². The molecule has 29 heavy (non-hydrogen) atoms. The fourth-order valence-electron chi connectivity index (χ4n) is 4.36. The van der Waals surface area contributed by atoms with E-state index in [4.69, 9.17) is 14.2 Å². The summed E-state index contributed by atoms with van der Waals surface area (Å²) in [4.78, 5) is 15.4. The third kappa shape index (κ3) is 6.43. The fraction of sp³-hybridized carbons (Fsp3) is 0.696. The number of anilines is 1. The van der Waals surface area contributed by atoms with E-state index in [0.717, 1.165) is 70.0 Å². The van der Waals surface area contributed by atoms with Crippen LogP contribution in [0.4, 0.5) is 5.69 Å². The Hall–Kier alpha value is -1.63. The summed E-state index contributed by atoms with van der Waals surface area (Å²) in [5.74, 6) is 1.31. The standard InChI is InChI=1S/C23H36N2O4/c1-3-29-23(11-4-6-19(2)18-23)22(26)24-20-7-9-21(10-8-20)28-15-5-12-25-13-16-27-17-14-25/h7-10,19H,3-6,11-18H2,1-2H3,(H,24,26)/t19-,23+/m1/s1. The van der Waals surface area contributed by atoms with Crippen LogP contribution in [0.15, 0.2) is 24.3 Å². The van der Waals surface area contributed by atoms with Crippen LogP contribution in [0.5, 0.6) is 5.75 Å². The Morgan fingerprint density at radius 1 is 1.28 bits per heavy atom. The predicted molar refractivity (Wildman–Crippen MR) is 114 cm³/mol. The molecule has 2 fully saturated rings. The van der Waals surface area contributed by atoms with Gasteiger partial charge in [-0.3, -0.25) is 9.69 Å². The summed E-state index contributed by atoms with van der Waals surface area (Å²) in [5.41, 5.74) is 0.0918. The number of benzene rings is 1. The molecule has 1 aliphatic carbocycles. The van der Waals surface area contributed by atoms with Crippen molar-refractivity contribution < 1.29 is 19.0 Å². The van der Waals surface area contributed by atoms with Gasteiger partial charge in [0.2, 0.25) is 0 Å². The minimum atomic E-state index is -0.693. The monoisotopic (exact) mass is 404 g/mol. The van der Waals surface area contributed by atoms with Crippen LogP contribution in [-0.2, 0) is 14.3 Å². The molecule has 1 aromatic rings. The van der Waals surface area contributed by atoms with Crippen molar-refractivity contribution in [3.05, 3.63) is 24.3 Å². The number of rotatable bonds is 9. The molecule has 1 amide bonds. The molecule has 6 heteroatoms. The topological polar surface area (TPSA) is 60.0 Å². The van der Waals surface area contributed by atoms with Gasteiger partial charge in [0.15, 0.2) is 0 Å². The van der Waals surface area contributed by atoms with Crippen molar-refractivity contribution in [3.8, 4) is 5.75 Å². The Bertz CT molecular complexity index is 626. The molecule has 0 aromatic heterocycles. The summed E-state index contributed by atoms with van der Waals surface area (Å²) in [7, 11) is 0. The zero-order valence-electron chi connectivity index (χ0n) is 18.0. The van der Waals surface area contributed by atoms with Gasteiger partial charge in [-0.05, 0) is 62.8 Å². The highest BCUT2D eigenvalue weighted by Gasteiger charge is 2.42. The highest BCUT2D eigenvalue weighted by atomic mass is 16.5. The van der Waals surface area contributed by atoms with Crippen LogP contribution in [-0.4, -0.2) is 62.5 Å². The average Bonchev–Trinajstić information content (AvgIpc) is 2.73. The normalized spacial score (nSPS) is 25.5. The van der Waals surface area contributed by atoms with Gasteiger partial charge in [-0.2, -0.15) is 0 Å². The molecule has 0 spiro atoms. The van der Waals surface area contributed by atoms with Gasteiger partial charge < -0.3 is 19.5 Å². The van der Waals surface area contributed by atoms with E-state index in [1.54, 1.807) is 0 Å². The minimum absolute atomic E-state index is 0.0231. The molecule has 1 N–H and O–H groups in total. The third-order valence-corrected chi connectivity index (χ3v) is 5.89. The van der Waals surface area contributed by atoms with Crippen LogP contribution in [0.25, 0.3) is 0 Å². The van der Waals surface area contributed by atoms with Gasteiger partial charge in [0, 0.05) is 31.9 Å². The van der Waals surface area contributed by atoms with E-state index in [2.05, 4.69) is 17.1 Å². The molecule has 1 saturated heterocycles. The number of nitrogens with one attached hydrogen (secondary N) is 1. The lowest BCUT2D eigenvalue weighted by molar-refractivity contribution is -0.147. The van der Waals surface area contributed by atoms with Gasteiger partial charge >= 0.3 is 0 Å². The van der Waals surface area contributed by atoms with E-state index < -0.39 is 5.60 Å². The Morgan fingerprint density at radius 2 is 2.03 bits per heavy atom. The zero-order chi connectivity index (χ0) is 20.5. The first-order valence-electron chi connectivity index (χ1n) is 11.1. The molecule has 0 unspecified atom stereocenters. The molecule has 2 atom stereocenters. The molecule has 162 valence electrons. The zero-order valence-corrected chi connectivity index (χ0v) is 18.0. The number of hydrogen-bond donors (Lipinski definition) is 1. The number of ether oxygens (including phenoxy) is 3. The summed E-state index contributed by atoms with van der Waals surface area (Å²) in [5, 5.41) is 3.06. The van der Waals surface area contributed by atoms with Crippen LogP contribution in [0.3, 0.4) is 0 Å². The second kappa shape index (κ2) is 11.0. The molecule has 6 nitrogen and oxygen atoms in total. The number of carbonyl (C=O) groups is 1. The highest BCUT2D eigenvalue weighted by Crippen LogP contribution is 2.36. The maximum absolute atomic E-state index is 13.0. The maximum atomic E-state index is 13.0. The molecular weight excluding hydrogens is 368 g/mol. The third-order valence-electron chi connectivity index (χ3n) is 5.89. The van der Waals surface area contributed by atoms with E-state index in [1.165, 1.54) is 6.42 Å². The van der Waals surface area contributed by atoms with Crippen LogP contribution < -0.4 is 10.1 Å². The summed E-state index contributed by atoms with van der Waals surface area (Å²) in [6.45, 7) is 10.1. The highest BCUT2D eigenvalue weighted by molar-refractivity contribution is 5.97. The van der Waals surface area contributed by atoms with Crippen molar-refractivity contribution >= 4 is 11.6 Å². The summed E-state index contributed by atoms with van der Waals surface area (Å²) in [6, 6.07) is 7.64. The van der Waals surface area contributed by atoms with Crippen LogP contribution in [0, 0.1) is 5.92 Å². The number of morpholine rings is 1. The van der Waals surface area contributed by atoms with Gasteiger partial charge in [-0.25, -0.2) is 0 Å². The van der Waals surface area contributed by atoms with Gasteiger partial charge in [0.1, 0.15) is 11.4 Å². The lowest BCUT2D eigenvalue weighted by Gasteiger charge is -2.38. The lowest BCUT2D eigenvalue weighted by Crippen LogP contribution is -2.48. The van der Waals surface area contributed by atoms with Crippen molar-refractivity contribution in [2.45, 2.75) is 51.6 Å². The minimum Gasteiger partial charge on any atom is -0.494 e.